The molecule has 0 saturated heterocycles. The van der Waals surface area contributed by atoms with Gasteiger partial charge in [0.1, 0.15) is 0 Å². The maximum absolute atomic E-state index is 9.19. The smallest absolute Gasteiger partial charge is 0.0590 e. The lowest BCUT2D eigenvalue weighted by Gasteiger charge is -2.31. The number of hydrogen-bond acceptors (Lipinski definition) is 3. The third kappa shape index (κ3) is 3.95. The summed E-state index contributed by atoms with van der Waals surface area (Å²) >= 11 is 0. The van der Waals surface area contributed by atoms with Gasteiger partial charge in [0.2, 0.25) is 0 Å². The summed E-state index contributed by atoms with van der Waals surface area (Å²) in [5, 5.41) is 12.7. The first kappa shape index (κ1) is 12.0. The lowest BCUT2D eigenvalue weighted by molar-refractivity contribution is 0.124. The van der Waals surface area contributed by atoms with Crippen molar-refractivity contribution in [3.8, 4) is 0 Å². The molecule has 1 fully saturated rings. The molecule has 3 nitrogen and oxygen atoms in total. The lowest BCUT2D eigenvalue weighted by atomic mass is 9.85. The fraction of sp³-hybridized carbons (Fsp3) is 1.00. The van der Waals surface area contributed by atoms with E-state index in [-0.39, 0.29) is 0 Å². The summed E-state index contributed by atoms with van der Waals surface area (Å²) < 4.78 is 5.27. The van der Waals surface area contributed by atoms with Gasteiger partial charge in [-0.2, -0.15) is 0 Å². The van der Waals surface area contributed by atoms with Gasteiger partial charge in [-0.1, -0.05) is 12.8 Å². The van der Waals surface area contributed by atoms with E-state index in [9.17, 15) is 5.11 Å². The Bertz CT molecular complexity index is 141. The predicted molar refractivity (Wildman–Crippen MR) is 57.3 cm³/mol. The molecule has 1 aliphatic carbocycles. The van der Waals surface area contributed by atoms with E-state index in [1.54, 1.807) is 0 Å². The average molecular weight is 201 g/mol. The van der Waals surface area contributed by atoms with E-state index < -0.39 is 0 Å². The van der Waals surface area contributed by atoms with Gasteiger partial charge < -0.3 is 15.2 Å². The van der Waals surface area contributed by atoms with Crippen LogP contribution in [-0.2, 0) is 4.74 Å². The molecule has 84 valence electrons. The van der Waals surface area contributed by atoms with E-state index in [1.807, 2.05) is 6.92 Å². The molecule has 2 atom stereocenters. The van der Waals surface area contributed by atoms with Gasteiger partial charge in [0.05, 0.1) is 6.61 Å². The van der Waals surface area contributed by atoms with Crippen LogP contribution in [0.3, 0.4) is 0 Å². The third-order valence-corrected chi connectivity index (χ3v) is 3.00. The highest BCUT2D eigenvalue weighted by molar-refractivity contribution is 4.80. The van der Waals surface area contributed by atoms with Crippen LogP contribution < -0.4 is 5.32 Å². The van der Waals surface area contributed by atoms with E-state index in [1.165, 1.54) is 25.7 Å². The zero-order chi connectivity index (χ0) is 10.2. The molecule has 0 spiro atoms. The molecule has 3 heteroatoms. The highest BCUT2D eigenvalue weighted by atomic mass is 16.5. The van der Waals surface area contributed by atoms with Crippen LogP contribution in [0.1, 0.15) is 32.6 Å². The molecule has 0 amide bonds. The van der Waals surface area contributed by atoms with Crippen LogP contribution in [0.15, 0.2) is 0 Å². The van der Waals surface area contributed by atoms with Crippen LogP contribution in [-0.4, -0.2) is 37.5 Å². The topological polar surface area (TPSA) is 41.5 Å². The fourth-order valence-electron chi connectivity index (χ4n) is 2.16. The Kier molecular flexibility index (Phi) is 6.15. The fourth-order valence-corrected chi connectivity index (χ4v) is 2.16. The average Bonchev–Trinajstić information content (AvgIpc) is 2.25. The number of aliphatic hydroxyl groups is 1. The summed E-state index contributed by atoms with van der Waals surface area (Å²) in [6, 6.07) is 0.509. The molecule has 2 N–H and O–H groups in total. The summed E-state index contributed by atoms with van der Waals surface area (Å²) in [4.78, 5) is 0. The van der Waals surface area contributed by atoms with Gasteiger partial charge >= 0.3 is 0 Å². The second-order valence-electron chi connectivity index (χ2n) is 3.98. The summed E-state index contributed by atoms with van der Waals surface area (Å²) in [5.74, 6) is 0.463. The van der Waals surface area contributed by atoms with Gasteiger partial charge in [0, 0.05) is 25.8 Å². The number of ether oxygens (including phenoxy) is 1. The summed E-state index contributed by atoms with van der Waals surface area (Å²) in [7, 11) is 0. The van der Waals surface area contributed by atoms with Crippen LogP contribution in [0.4, 0.5) is 0 Å². The van der Waals surface area contributed by atoms with E-state index in [2.05, 4.69) is 5.32 Å². The van der Waals surface area contributed by atoms with Crippen molar-refractivity contribution in [2.45, 2.75) is 38.6 Å². The Hall–Kier alpha value is -0.120. The maximum Gasteiger partial charge on any atom is 0.0590 e. The standard InChI is InChI=1S/C11H23NO2/c1-2-14-8-7-12-11-6-4-3-5-10(11)9-13/h10-13H,2-9H2,1H3. The first-order chi connectivity index (χ1) is 6.88. The minimum Gasteiger partial charge on any atom is -0.396 e. The number of rotatable bonds is 6. The van der Waals surface area contributed by atoms with Crippen LogP contribution in [0.25, 0.3) is 0 Å². The molecule has 0 bridgehead atoms. The molecule has 0 heterocycles. The maximum atomic E-state index is 9.19. The van der Waals surface area contributed by atoms with Crippen LogP contribution in [0.5, 0.6) is 0 Å². The second kappa shape index (κ2) is 7.21. The third-order valence-electron chi connectivity index (χ3n) is 3.00. The summed E-state index contributed by atoms with van der Waals surface area (Å²) in [5.41, 5.74) is 0. The number of hydrogen-bond donors (Lipinski definition) is 2. The first-order valence-electron chi connectivity index (χ1n) is 5.80. The van der Waals surface area contributed by atoms with Crippen molar-refractivity contribution < 1.29 is 9.84 Å². The van der Waals surface area contributed by atoms with Crippen molar-refractivity contribution >= 4 is 0 Å². The van der Waals surface area contributed by atoms with Crippen LogP contribution in [0.2, 0.25) is 0 Å². The summed E-state index contributed by atoms with van der Waals surface area (Å²) in [6.45, 7) is 4.82. The zero-order valence-electron chi connectivity index (χ0n) is 9.17. The molecule has 0 aromatic rings. The van der Waals surface area contributed by atoms with E-state index in [0.717, 1.165) is 19.8 Å². The first-order valence-corrected chi connectivity index (χ1v) is 5.80. The van der Waals surface area contributed by atoms with Crippen molar-refractivity contribution in [2.75, 3.05) is 26.4 Å². The lowest BCUT2D eigenvalue weighted by Crippen LogP contribution is -2.41. The van der Waals surface area contributed by atoms with Gasteiger partial charge in [0.15, 0.2) is 0 Å². The molecule has 1 rings (SSSR count). The monoisotopic (exact) mass is 201 g/mol. The molecular formula is C11H23NO2. The van der Waals surface area contributed by atoms with Crippen molar-refractivity contribution in [1.29, 1.82) is 0 Å². The Labute approximate surface area is 86.8 Å². The van der Waals surface area contributed by atoms with Gasteiger partial charge in [-0.15, -0.1) is 0 Å². The summed E-state index contributed by atoms with van der Waals surface area (Å²) in [6.07, 6.45) is 4.94. The van der Waals surface area contributed by atoms with E-state index in [0.29, 0.717) is 18.6 Å². The normalized spacial score (nSPS) is 27.9. The second-order valence-corrected chi connectivity index (χ2v) is 3.98. The molecule has 0 aromatic heterocycles. The van der Waals surface area contributed by atoms with Gasteiger partial charge in [-0.05, 0) is 25.7 Å². The van der Waals surface area contributed by atoms with E-state index >= 15 is 0 Å². The molecule has 2 unspecified atom stereocenters. The Morgan fingerprint density at radius 1 is 1.36 bits per heavy atom. The number of nitrogens with one attached hydrogen (secondary N) is 1. The largest absolute Gasteiger partial charge is 0.396 e. The minimum atomic E-state index is 0.326. The Morgan fingerprint density at radius 3 is 2.86 bits per heavy atom. The molecular weight excluding hydrogens is 178 g/mol. The number of aliphatic hydroxyl groups excluding tert-OH is 1. The van der Waals surface area contributed by atoms with E-state index in [4.69, 9.17) is 4.74 Å². The van der Waals surface area contributed by atoms with Crippen LogP contribution in [0, 0.1) is 5.92 Å². The van der Waals surface area contributed by atoms with Gasteiger partial charge in [-0.25, -0.2) is 0 Å². The molecule has 1 aliphatic rings. The van der Waals surface area contributed by atoms with Crippen molar-refractivity contribution in [3.63, 3.8) is 0 Å². The minimum absolute atomic E-state index is 0.326. The van der Waals surface area contributed by atoms with Gasteiger partial charge in [-0.3, -0.25) is 0 Å². The highest BCUT2D eigenvalue weighted by Crippen LogP contribution is 2.23. The highest BCUT2D eigenvalue weighted by Gasteiger charge is 2.23. The molecule has 1 saturated carbocycles. The van der Waals surface area contributed by atoms with Crippen molar-refractivity contribution in [2.24, 2.45) is 5.92 Å². The molecule has 0 aromatic carbocycles. The molecule has 0 radical (unpaired) electrons. The molecule has 0 aliphatic heterocycles. The zero-order valence-corrected chi connectivity index (χ0v) is 9.17. The van der Waals surface area contributed by atoms with Gasteiger partial charge in [0.25, 0.3) is 0 Å². The molecule has 14 heavy (non-hydrogen) atoms. The predicted octanol–water partition coefficient (Wildman–Crippen LogP) is 1.16. The van der Waals surface area contributed by atoms with Crippen molar-refractivity contribution in [3.05, 3.63) is 0 Å². The Morgan fingerprint density at radius 2 is 2.14 bits per heavy atom. The van der Waals surface area contributed by atoms with Crippen LogP contribution >= 0.6 is 0 Å². The Balaban J connectivity index is 2.13. The SMILES string of the molecule is CCOCCNC1CCCCC1CO. The quantitative estimate of drug-likeness (QED) is 0.634. The van der Waals surface area contributed by atoms with Crippen molar-refractivity contribution in [1.82, 2.24) is 5.32 Å².